The van der Waals surface area contributed by atoms with Crippen LogP contribution in [-0.2, 0) is 4.79 Å². The first kappa shape index (κ1) is 16.5. The van der Waals surface area contributed by atoms with Gasteiger partial charge in [-0.2, -0.15) is 0 Å². The quantitative estimate of drug-likeness (QED) is 0.374. The van der Waals surface area contributed by atoms with Crippen molar-refractivity contribution in [2.24, 2.45) is 0 Å². The van der Waals surface area contributed by atoms with Gasteiger partial charge in [-0.3, -0.25) is 4.79 Å². The molecule has 0 aromatic heterocycles. The third kappa shape index (κ3) is 6.60. The minimum Gasteiger partial charge on any atom is -0.493 e. The van der Waals surface area contributed by atoms with E-state index in [0.717, 1.165) is 17.7 Å². The molecule has 20 heavy (non-hydrogen) atoms. The zero-order valence-electron chi connectivity index (χ0n) is 12.9. The molecule has 1 rings (SSSR count). The molecular weight excluding hydrogens is 252 g/mol. The highest BCUT2D eigenvalue weighted by molar-refractivity contribution is 5.70. The Hall–Kier alpha value is -1.51. The second-order valence-electron chi connectivity index (χ2n) is 5.14. The first-order valence-corrected chi connectivity index (χ1v) is 7.55. The zero-order chi connectivity index (χ0) is 14.8. The summed E-state index contributed by atoms with van der Waals surface area (Å²) in [7, 11) is 0. The molecule has 1 aromatic carbocycles. The molecule has 0 bridgehead atoms. The number of rotatable bonds is 9. The number of unbranched alkanes of at least 4 members (excludes halogenated alkanes) is 5. The fourth-order valence-electron chi connectivity index (χ4n) is 2.01. The Morgan fingerprint density at radius 2 is 1.80 bits per heavy atom. The highest BCUT2D eigenvalue weighted by atomic mass is 16.5. The molecule has 0 fully saturated rings. The molecule has 0 radical (unpaired) electrons. The van der Waals surface area contributed by atoms with E-state index in [-0.39, 0.29) is 5.97 Å². The van der Waals surface area contributed by atoms with E-state index in [0.29, 0.717) is 12.4 Å². The SMILES string of the molecule is CCCCCCCCOc1ccc(C)c(OC(C)=O)c1. The van der Waals surface area contributed by atoms with Gasteiger partial charge < -0.3 is 9.47 Å². The smallest absolute Gasteiger partial charge is 0.308 e. The van der Waals surface area contributed by atoms with Gasteiger partial charge in [0.05, 0.1) is 6.61 Å². The number of ether oxygens (including phenoxy) is 2. The summed E-state index contributed by atoms with van der Waals surface area (Å²) < 4.78 is 10.8. The third-order valence-electron chi connectivity index (χ3n) is 3.18. The topological polar surface area (TPSA) is 35.5 Å². The van der Waals surface area contributed by atoms with Gasteiger partial charge in [0.2, 0.25) is 0 Å². The van der Waals surface area contributed by atoms with Crippen molar-refractivity contribution in [1.29, 1.82) is 0 Å². The van der Waals surface area contributed by atoms with Crippen LogP contribution < -0.4 is 9.47 Å². The Morgan fingerprint density at radius 1 is 1.10 bits per heavy atom. The summed E-state index contributed by atoms with van der Waals surface area (Å²) in [4.78, 5) is 11.0. The lowest BCUT2D eigenvalue weighted by atomic mass is 10.1. The van der Waals surface area contributed by atoms with Crippen LogP contribution in [0.1, 0.15) is 57.9 Å². The van der Waals surface area contributed by atoms with Crippen LogP contribution in [0.15, 0.2) is 18.2 Å². The third-order valence-corrected chi connectivity index (χ3v) is 3.18. The molecule has 1 aromatic rings. The van der Waals surface area contributed by atoms with Crippen molar-refractivity contribution in [1.82, 2.24) is 0 Å². The van der Waals surface area contributed by atoms with Gasteiger partial charge in [-0.1, -0.05) is 45.1 Å². The van der Waals surface area contributed by atoms with Crippen molar-refractivity contribution in [2.75, 3.05) is 6.61 Å². The van der Waals surface area contributed by atoms with E-state index in [4.69, 9.17) is 9.47 Å². The van der Waals surface area contributed by atoms with Crippen LogP contribution in [-0.4, -0.2) is 12.6 Å². The lowest BCUT2D eigenvalue weighted by Gasteiger charge is -2.10. The molecule has 0 atom stereocenters. The lowest BCUT2D eigenvalue weighted by molar-refractivity contribution is -0.131. The van der Waals surface area contributed by atoms with E-state index in [9.17, 15) is 4.79 Å². The Labute approximate surface area is 122 Å². The van der Waals surface area contributed by atoms with E-state index in [1.165, 1.54) is 39.0 Å². The van der Waals surface area contributed by atoms with Gasteiger partial charge in [0.15, 0.2) is 0 Å². The Balaban J connectivity index is 2.31. The molecular formula is C17H26O3. The first-order chi connectivity index (χ1) is 9.63. The summed E-state index contributed by atoms with van der Waals surface area (Å²) in [6, 6.07) is 5.61. The van der Waals surface area contributed by atoms with Gasteiger partial charge in [-0.25, -0.2) is 0 Å². The summed E-state index contributed by atoms with van der Waals surface area (Å²) in [5.74, 6) is 1.04. The molecule has 0 N–H and O–H groups in total. The van der Waals surface area contributed by atoms with Gasteiger partial charge in [-0.05, 0) is 25.0 Å². The Morgan fingerprint density at radius 3 is 2.50 bits per heavy atom. The maximum absolute atomic E-state index is 11.0. The molecule has 0 aliphatic rings. The standard InChI is InChI=1S/C17H26O3/c1-4-5-6-7-8-9-12-19-16-11-10-14(2)17(13-16)20-15(3)18/h10-11,13H,4-9,12H2,1-3H3. The lowest BCUT2D eigenvalue weighted by Crippen LogP contribution is -2.04. The number of esters is 1. The first-order valence-electron chi connectivity index (χ1n) is 7.55. The van der Waals surface area contributed by atoms with Crippen molar-refractivity contribution in [3.63, 3.8) is 0 Å². The minimum atomic E-state index is -0.304. The number of hydrogen-bond donors (Lipinski definition) is 0. The van der Waals surface area contributed by atoms with Gasteiger partial charge in [0.1, 0.15) is 11.5 Å². The maximum Gasteiger partial charge on any atom is 0.308 e. The fourth-order valence-corrected chi connectivity index (χ4v) is 2.01. The van der Waals surface area contributed by atoms with Gasteiger partial charge in [-0.15, -0.1) is 0 Å². The molecule has 0 heterocycles. The molecule has 0 saturated carbocycles. The molecule has 0 saturated heterocycles. The maximum atomic E-state index is 11.0. The van der Waals surface area contributed by atoms with Crippen molar-refractivity contribution in [2.45, 2.75) is 59.3 Å². The van der Waals surface area contributed by atoms with Crippen LogP contribution >= 0.6 is 0 Å². The molecule has 0 amide bonds. The van der Waals surface area contributed by atoms with E-state index in [1.807, 2.05) is 19.1 Å². The second-order valence-corrected chi connectivity index (χ2v) is 5.14. The van der Waals surface area contributed by atoms with Crippen molar-refractivity contribution >= 4 is 5.97 Å². The highest BCUT2D eigenvalue weighted by Gasteiger charge is 2.05. The molecule has 0 unspecified atom stereocenters. The summed E-state index contributed by atoms with van der Waals surface area (Å²) >= 11 is 0. The fraction of sp³-hybridized carbons (Fsp3) is 0.588. The average Bonchev–Trinajstić information content (AvgIpc) is 2.40. The number of carbonyl (C=O) groups excluding carboxylic acids is 1. The van der Waals surface area contributed by atoms with Crippen LogP contribution in [0.3, 0.4) is 0 Å². The van der Waals surface area contributed by atoms with Crippen LogP contribution in [0, 0.1) is 6.92 Å². The summed E-state index contributed by atoms with van der Waals surface area (Å²) in [6.45, 7) is 6.26. The largest absolute Gasteiger partial charge is 0.493 e. The zero-order valence-corrected chi connectivity index (χ0v) is 12.9. The van der Waals surface area contributed by atoms with Crippen LogP contribution in [0.4, 0.5) is 0 Å². The predicted octanol–water partition coefficient (Wildman–Crippen LogP) is 4.66. The monoisotopic (exact) mass is 278 g/mol. The molecule has 0 aliphatic carbocycles. The van der Waals surface area contributed by atoms with Crippen molar-refractivity contribution in [3.8, 4) is 11.5 Å². The number of aryl methyl sites for hydroxylation is 1. The van der Waals surface area contributed by atoms with Crippen LogP contribution in [0.25, 0.3) is 0 Å². The molecule has 0 spiro atoms. The summed E-state index contributed by atoms with van der Waals surface area (Å²) in [5, 5.41) is 0. The summed E-state index contributed by atoms with van der Waals surface area (Å²) in [5.41, 5.74) is 0.937. The highest BCUT2D eigenvalue weighted by Crippen LogP contribution is 2.24. The predicted molar refractivity (Wildman–Crippen MR) is 81.4 cm³/mol. The van der Waals surface area contributed by atoms with E-state index in [1.54, 1.807) is 6.07 Å². The number of hydrogen-bond acceptors (Lipinski definition) is 3. The van der Waals surface area contributed by atoms with E-state index >= 15 is 0 Å². The van der Waals surface area contributed by atoms with E-state index < -0.39 is 0 Å². The van der Waals surface area contributed by atoms with Gasteiger partial charge >= 0.3 is 5.97 Å². The van der Waals surface area contributed by atoms with Crippen LogP contribution in [0.2, 0.25) is 0 Å². The molecule has 3 nitrogen and oxygen atoms in total. The van der Waals surface area contributed by atoms with Crippen molar-refractivity contribution in [3.05, 3.63) is 23.8 Å². The second kappa shape index (κ2) is 9.40. The number of benzene rings is 1. The number of carbonyl (C=O) groups is 1. The molecule has 0 aliphatic heterocycles. The average molecular weight is 278 g/mol. The Kier molecular flexibility index (Phi) is 7.78. The van der Waals surface area contributed by atoms with Gasteiger partial charge in [0.25, 0.3) is 0 Å². The van der Waals surface area contributed by atoms with Crippen molar-refractivity contribution < 1.29 is 14.3 Å². The van der Waals surface area contributed by atoms with Crippen LogP contribution in [0.5, 0.6) is 11.5 Å². The van der Waals surface area contributed by atoms with E-state index in [2.05, 4.69) is 6.92 Å². The normalized spacial score (nSPS) is 10.3. The molecule has 112 valence electrons. The summed E-state index contributed by atoms with van der Waals surface area (Å²) in [6.07, 6.45) is 7.48. The Bertz CT molecular complexity index is 413. The molecule has 3 heteroatoms. The van der Waals surface area contributed by atoms with Gasteiger partial charge in [0, 0.05) is 13.0 Å². The minimum absolute atomic E-state index is 0.304.